The Morgan fingerprint density at radius 1 is 1.40 bits per heavy atom. The second-order valence-electron chi connectivity index (χ2n) is 3.34. The number of nitrogens with one attached hydrogen (secondary N) is 1. The standard InChI is InChI=1S/C11H13NO3/c13-11-10(15-8-12-11)7-14-6-9-4-2-1-3-5-9/h1-5,10H,6-8H2,(H,12,13). The molecule has 0 saturated carbocycles. The van der Waals surface area contributed by atoms with Gasteiger partial charge in [-0.1, -0.05) is 30.3 Å². The Labute approximate surface area is 88.2 Å². The average molecular weight is 207 g/mol. The van der Waals surface area contributed by atoms with Gasteiger partial charge in [-0.25, -0.2) is 0 Å². The molecule has 1 saturated heterocycles. The lowest BCUT2D eigenvalue weighted by molar-refractivity contribution is -0.126. The highest BCUT2D eigenvalue weighted by molar-refractivity contribution is 5.82. The van der Waals surface area contributed by atoms with E-state index in [1.807, 2.05) is 30.3 Å². The lowest BCUT2D eigenvalue weighted by Gasteiger charge is -2.07. The first-order valence-electron chi connectivity index (χ1n) is 4.87. The Morgan fingerprint density at radius 3 is 2.87 bits per heavy atom. The van der Waals surface area contributed by atoms with E-state index in [0.29, 0.717) is 13.2 Å². The van der Waals surface area contributed by atoms with Gasteiger partial charge in [0.15, 0.2) is 6.10 Å². The van der Waals surface area contributed by atoms with E-state index in [-0.39, 0.29) is 12.6 Å². The van der Waals surface area contributed by atoms with Gasteiger partial charge in [-0.2, -0.15) is 0 Å². The van der Waals surface area contributed by atoms with E-state index >= 15 is 0 Å². The Bertz CT molecular complexity index is 326. The molecule has 1 aliphatic heterocycles. The van der Waals surface area contributed by atoms with Crippen molar-refractivity contribution in [3.63, 3.8) is 0 Å². The van der Waals surface area contributed by atoms with Crippen LogP contribution < -0.4 is 5.32 Å². The van der Waals surface area contributed by atoms with E-state index in [0.717, 1.165) is 5.56 Å². The van der Waals surface area contributed by atoms with Crippen LogP contribution in [-0.4, -0.2) is 25.3 Å². The minimum absolute atomic E-state index is 0.0944. The number of hydrogen-bond acceptors (Lipinski definition) is 3. The molecule has 1 fully saturated rings. The second kappa shape index (κ2) is 4.91. The van der Waals surface area contributed by atoms with Gasteiger partial charge in [0.05, 0.1) is 13.2 Å². The van der Waals surface area contributed by atoms with Crippen molar-refractivity contribution in [1.29, 1.82) is 0 Å². The lowest BCUT2D eigenvalue weighted by atomic mass is 10.2. The van der Waals surface area contributed by atoms with Gasteiger partial charge in [-0.05, 0) is 5.56 Å². The summed E-state index contributed by atoms with van der Waals surface area (Å²) in [5, 5.41) is 2.58. The van der Waals surface area contributed by atoms with E-state index in [4.69, 9.17) is 9.47 Å². The molecule has 1 aromatic rings. The molecule has 0 radical (unpaired) electrons. The van der Waals surface area contributed by atoms with Crippen LogP contribution in [0.5, 0.6) is 0 Å². The van der Waals surface area contributed by atoms with E-state index in [1.54, 1.807) is 0 Å². The minimum atomic E-state index is -0.450. The van der Waals surface area contributed by atoms with Crippen molar-refractivity contribution in [2.24, 2.45) is 0 Å². The minimum Gasteiger partial charge on any atom is -0.374 e. The Balaban J connectivity index is 1.73. The molecule has 4 nitrogen and oxygen atoms in total. The number of hydrogen-bond donors (Lipinski definition) is 1. The third-order valence-corrected chi connectivity index (χ3v) is 2.20. The maximum absolute atomic E-state index is 11.1. The summed E-state index contributed by atoms with van der Waals surface area (Å²) >= 11 is 0. The Kier molecular flexibility index (Phi) is 3.32. The first-order chi connectivity index (χ1) is 7.36. The van der Waals surface area contributed by atoms with Crippen LogP contribution in [0.3, 0.4) is 0 Å². The Morgan fingerprint density at radius 2 is 2.20 bits per heavy atom. The molecular formula is C11H13NO3. The smallest absolute Gasteiger partial charge is 0.253 e. The average Bonchev–Trinajstić information content (AvgIpc) is 2.66. The third kappa shape index (κ3) is 2.78. The summed E-state index contributed by atoms with van der Waals surface area (Å²) < 4.78 is 10.5. The van der Waals surface area contributed by atoms with E-state index < -0.39 is 6.10 Å². The number of benzene rings is 1. The molecule has 0 aromatic heterocycles. The summed E-state index contributed by atoms with van der Waals surface area (Å²) in [6.07, 6.45) is -0.450. The molecule has 0 bridgehead atoms. The zero-order valence-corrected chi connectivity index (χ0v) is 8.31. The van der Waals surface area contributed by atoms with Crippen molar-refractivity contribution in [3.8, 4) is 0 Å². The molecule has 1 aromatic carbocycles. The van der Waals surface area contributed by atoms with Gasteiger partial charge in [0, 0.05) is 0 Å². The van der Waals surface area contributed by atoms with Crippen molar-refractivity contribution in [3.05, 3.63) is 35.9 Å². The van der Waals surface area contributed by atoms with Gasteiger partial charge in [0.2, 0.25) is 0 Å². The van der Waals surface area contributed by atoms with Crippen molar-refractivity contribution < 1.29 is 14.3 Å². The van der Waals surface area contributed by atoms with Crippen LogP contribution in [0.15, 0.2) is 30.3 Å². The maximum Gasteiger partial charge on any atom is 0.253 e. The summed E-state index contributed by atoms with van der Waals surface area (Å²) in [7, 11) is 0. The van der Waals surface area contributed by atoms with Crippen molar-refractivity contribution in [2.45, 2.75) is 12.7 Å². The zero-order valence-electron chi connectivity index (χ0n) is 8.31. The van der Waals surface area contributed by atoms with Crippen LogP contribution >= 0.6 is 0 Å². The summed E-state index contributed by atoms with van der Waals surface area (Å²) in [5.74, 6) is -0.0944. The maximum atomic E-state index is 11.1. The Hall–Kier alpha value is -1.39. The topological polar surface area (TPSA) is 47.6 Å². The van der Waals surface area contributed by atoms with E-state index in [1.165, 1.54) is 0 Å². The quantitative estimate of drug-likeness (QED) is 0.789. The van der Waals surface area contributed by atoms with Crippen LogP contribution in [-0.2, 0) is 20.9 Å². The molecule has 1 N–H and O–H groups in total. The number of ether oxygens (including phenoxy) is 2. The molecule has 1 heterocycles. The number of rotatable bonds is 4. The van der Waals surface area contributed by atoms with Crippen molar-refractivity contribution >= 4 is 5.91 Å². The van der Waals surface area contributed by atoms with Gasteiger partial charge in [-0.3, -0.25) is 4.79 Å². The highest BCUT2D eigenvalue weighted by atomic mass is 16.6. The third-order valence-electron chi connectivity index (χ3n) is 2.20. The highest BCUT2D eigenvalue weighted by Crippen LogP contribution is 2.04. The normalized spacial score (nSPS) is 20.3. The van der Waals surface area contributed by atoms with Crippen LogP contribution in [0.2, 0.25) is 0 Å². The number of carbonyl (C=O) groups excluding carboxylic acids is 1. The van der Waals surface area contributed by atoms with Gasteiger partial charge >= 0.3 is 0 Å². The predicted octanol–water partition coefficient (Wildman–Crippen LogP) is 0.676. The molecular weight excluding hydrogens is 194 g/mol. The molecule has 2 rings (SSSR count). The molecule has 4 heteroatoms. The predicted molar refractivity (Wildman–Crippen MR) is 54.0 cm³/mol. The summed E-state index contributed by atoms with van der Waals surface area (Å²) in [4.78, 5) is 11.1. The van der Waals surface area contributed by atoms with Crippen LogP contribution in [0.25, 0.3) is 0 Å². The van der Waals surface area contributed by atoms with Gasteiger partial charge in [0.25, 0.3) is 5.91 Å². The molecule has 1 amide bonds. The molecule has 1 unspecified atom stereocenters. The summed E-state index contributed by atoms with van der Waals surface area (Å²) in [6.45, 7) is 1.10. The first-order valence-corrected chi connectivity index (χ1v) is 4.87. The second-order valence-corrected chi connectivity index (χ2v) is 3.34. The summed E-state index contributed by atoms with van der Waals surface area (Å²) in [6, 6.07) is 9.83. The SMILES string of the molecule is O=C1NCOC1COCc1ccccc1. The van der Waals surface area contributed by atoms with Crippen molar-refractivity contribution in [1.82, 2.24) is 5.32 Å². The van der Waals surface area contributed by atoms with Gasteiger partial charge < -0.3 is 14.8 Å². The fourth-order valence-corrected chi connectivity index (χ4v) is 1.38. The molecule has 15 heavy (non-hydrogen) atoms. The molecule has 0 aliphatic carbocycles. The van der Waals surface area contributed by atoms with Crippen LogP contribution in [0, 0.1) is 0 Å². The van der Waals surface area contributed by atoms with E-state index in [2.05, 4.69) is 5.32 Å². The first kappa shape index (κ1) is 10.1. The van der Waals surface area contributed by atoms with Crippen LogP contribution in [0.4, 0.5) is 0 Å². The molecule has 1 atom stereocenters. The van der Waals surface area contributed by atoms with Crippen LogP contribution in [0.1, 0.15) is 5.56 Å². The highest BCUT2D eigenvalue weighted by Gasteiger charge is 2.24. The molecule has 1 aliphatic rings. The monoisotopic (exact) mass is 207 g/mol. The summed E-state index contributed by atoms with van der Waals surface area (Å²) in [5.41, 5.74) is 1.09. The fourth-order valence-electron chi connectivity index (χ4n) is 1.38. The number of amides is 1. The lowest BCUT2D eigenvalue weighted by Crippen LogP contribution is -2.27. The van der Waals surface area contributed by atoms with Crippen molar-refractivity contribution in [2.75, 3.05) is 13.3 Å². The molecule has 80 valence electrons. The largest absolute Gasteiger partial charge is 0.374 e. The van der Waals surface area contributed by atoms with E-state index in [9.17, 15) is 4.79 Å². The molecule has 0 spiro atoms. The van der Waals surface area contributed by atoms with Gasteiger partial charge in [0.1, 0.15) is 6.73 Å². The fraction of sp³-hybridized carbons (Fsp3) is 0.364. The van der Waals surface area contributed by atoms with Gasteiger partial charge in [-0.15, -0.1) is 0 Å². The number of carbonyl (C=O) groups is 1. The zero-order chi connectivity index (χ0) is 10.5.